The summed E-state index contributed by atoms with van der Waals surface area (Å²) in [5.74, 6) is 4.34. The number of nitrogens with one attached hydrogen (secondary N) is 2. The van der Waals surface area contributed by atoms with Gasteiger partial charge >= 0.3 is 29.2 Å². The summed E-state index contributed by atoms with van der Waals surface area (Å²) >= 11 is 0. The molecule has 30 nitrogen and oxygen atoms in total. The predicted octanol–water partition coefficient (Wildman–Crippen LogP) is 0.0141. The topological polar surface area (TPSA) is 449 Å². The molecular formula is C28H39N12O18P3. The van der Waals surface area contributed by atoms with Crippen LogP contribution < -0.4 is 32.5 Å². The first-order valence-electron chi connectivity index (χ1n) is 17.0. The molecule has 1 aliphatic rings. The van der Waals surface area contributed by atoms with Gasteiger partial charge in [-0.15, -0.1) is 0 Å². The average Bonchev–Trinajstić information content (AvgIpc) is 3.58. The smallest absolute Gasteiger partial charge is 0.490 e. The number of phosphoric ester groups is 1. The fourth-order valence-electron chi connectivity index (χ4n) is 4.70. The number of azide groups is 2. The van der Waals surface area contributed by atoms with Crippen LogP contribution in [0.4, 0.5) is 5.82 Å². The largest absolute Gasteiger partial charge is 0.491 e. The molecule has 334 valence electrons. The van der Waals surface area contributed by atoms with Crippen LogP contribution in [0.2, 0.25) is 0 Å². The second-order valence-electron chi connectivity index (χ2n) is 11.6. The van der Waals surface area contributed by atoms with E-state index < -0.39 is 79.7 Å². The van der Waals surface area contributed by atoms with Gasteiger partial charge in [0.2, 0.25) is 5.91 Å². The van der Waals surface area contributed by atoms with Crippen LogP contribution in [0, 0.1) is 11.8 Å². The molecule has 1 aliphatic heterocycles. The van der Waals surface area contributed by atoms with E-state index >= 15 is 0 Å². The summed E-state index contributed by atoms with van der Waals surface area (Å²) in [4.78, 5) is 82.7. The van der Waals surface area contributed by atoms with Gasteiger partial charge in [0.25, 0.3) is 5.91 Å². The van der Waals surface area contributed by atoms with Crippen molar-refractivity contribution in [3.8, 4) is 17.6 Å². The predicted molar refractivity (Wildman–Crippen MR) is 203 cm³/mol. The number of phosphoric acid groups is 3. The monoisotopic (exact) mass is 924 g/mol. The number of nitrogens with zero attached hydrogens (tertiary/aromatic N) is 8. The Morgan fingerprint density at radius 2 is 1.89 bits per heavy atom. The van der Waals surface area contributed by atoms with E-state index in [2.05, 4.69) is 60.7 Å². The standard InChI is InChI=1S/C28H39N12O18P3/c29-6-8-34-27(42)18-3-1-5-20(11-18)53-16-24(37-39-32)52-10-9-51-15-23(41)33-7-2-4-19-13-40(28(43)36-26(19)30)25-12-21(54-17-35-38-31)22(56-25)14-55-60(47,48)58-61(49,50)57-59(44,45)46/h1,3,5,11,13,21-22,24-25H,6-10,12,14-17,29H2,(H,33,41)(H,34,42)(H,47,48)(H,49,50)(H2,30,36,43)(H2,44,45,46)/t21?,22-,24?,25?/m0/s1. The van der Waals surface area contributed by atoms with E-state index in [-0.39, 0.29) is 56.6 Å². The molecule has 2 aromatic rings. The van der Waals surface area contributed by atoms with Gasteiger partial charge in [-0.1, -0.05) is 28.1 Å². The molecule has 3 rings (SSSR count). The van der Waals surface area contributed by atoms with Crippen molar-refractivity contribution < 1.29 is 79.7 Å². The van der Waals surface area contributed by atoms with Crippen LogP contribution in [0.1, 0.15) is 28.6 Å². The van der Waals surface area contributed by atoms with Crippen LogP contribution >= 0.6 is 23.5 Å². The zero-order valence-electron chi connectivity index (χ0n) is 31.3. The number of benzene rings is 1. The van der Waals surface area contributed by atoms with Gasteiger partial charge in [-0.05, 0) is 29.3 Å². The van der Waals surface area contributed by atoms with Gasteiger partial charge in [0, 0.05) is 41.1 Å². The van der Waals surface area contributed by atoms with E-state index in [1.807, 2.05) is 0 Å². The van der Waals surface area contributed by atoms with E-state index in [0.717, 1.165) is 10.8 Å². The summed E-state index contributed by atoms with van der Waals surface area (Å²) < 4.78 is 75.1. The first kappa shape index (κ1) is 50.4. The van der Waals surface area contributed by atoms with Gasteiger partial charge in [-0.2, -0.15) is 13.6 Å². The molecule has 6 atom stereocenters. The molecule has 0 aliphatic carbocycles. The third-order valence-electron chi connectivity index (χ3n) is 7.17. The molecule has 1 fully saturated rings. The molecule has 1 aromatic carbocycles. The molecule has 1 saturated heterocycles. The quantitative estimate of drug-likeness (QED) is 0.0162. The van der Waals surface area contributed by atoms with Crippen molar-refractivity contribution in [3.63, 3.8) is 0 Å². The van der Waals surface area contributed by atoms with Crippen LogP contribution in [0.5, 0.6) is 5.75 Å². The number of carbonyl (C=O) groups excluding carboxylic acids is 2. The summed E-state index contributed by atoms with van der Waals surface area (Å²) in [6.07, 6.45) is -3.88. The third kappa shape index (κ3) is 18.7. The molecular weight excluding hydrogens is 885 g/mol. The van der Waals surface area contributed by atoms with Gasteiger partial charge in [0.15, 0.2) is 6.23 Å². The summed E-state index contributed by atoms with van der Waals surface area (Å²) in [5.41, 5.74) is 28.1. The number of rotatable bonds is 25. The zero-order valence-corrected chi connectivity index (χ0v) is 34.0. The highest BCUT2D eigenvalue weighted by Crippen LogP contribution is 2.66. The Morgan fingerprint density at radius 1 is 1.11 bits per heavy atom. The Bertz CT molecular complexity index is 2210. The highest BCUT2D eigenvalue weighted by Gasteiger charge is 2.43. The highest BCUT2D eigenvalue weighted by atomic mass is 31.3. The molecule has 0 radical (unpaired) electrons. The average molecular weight is 925 g/mol. The normalized spacial score (nSPS) is 18.5. The Labute approximate surface area is 343 Å². The molecule has 0 bridgehead atoms. The van der Waals surface area contributed by atoms with Crippen molar-refractivity contribution in [2.75, 3.05) is 65.1 Å². The second-order valence-corrected chi connectivity index (χ2v) is 16.0. The molecule has 2 heterocycles. The Morgan fingerprint density at radius 3 is 2.59 bits per heavy atom. The maximum Gasteiger partial charge on any atom is 0.490 e. The maximum absolute atomic E-state index is 12.8. The number of hydrogen-bond acceptors (Lipinski definition) is 19. The number of nitrogens with two attached hydrogens (primary N) is 2. The minimum atomic E-state index is -5.82. The fraction of sp³-hybridized carbons (Fsp3) is 0.500. The van der Waals surface area contributed by atoms with Crippen molar-refractivity contribution in [1.29, 1.82) is 0 Å². The summed E-state index contributed by atoms with van der Waals surface area (Å²) in [5, 5.41) is 11.8. The van der Waals surface area contributed by atoms with Crippen LogP contribution in [-0.2, 0) is 50.6 Å². The maximum atomic E-state index is 12.8. The van der Waals surface area contributed by atoms with Crippen molar-refractivity contribution in [2.24, 2.45) is 16.0 Å². The minimum absolute atomic E-state index is 0.00613. The minimum Gasteiger partial charge on any atom is -0.491 e. The number of anilines is 1. The Kier molecular flexibility index (Phi) is 20.2. The van der Waals surface area contributed by atoms with E-state index in [1.54, 1.807) is 18.2 Å². The summed E-state index contributed by atoms with van der Waals surface area (Å²) in [6.45, 7) is -1.98. The van der Waals surface area contributed by atoms with Gasteiger partial charge in [-0.3, -0.25) is 18.7 Å². The van der Waals surface area contributed by atoms with Gasteiger partial charge in [0.1, 0.15) is 43.8 Å². The molecule has 5 unspecified atom stereocenters. The van der Waals surface area contributed by atoms with E-state index in [0.29, 0.717) is 17.9 Å². The van der Waals surface area contributed by atoms with Crippen molar-refractivity contribution >= 4 is 41.1 Å². The summed E-state index contributed by atoms with van der Waals surface area (Å²) in [6, 6.07) is 6.27. The third-order valence-corrected chi connectivity index (χ3v) is 11.0. The van der Waals surface area contributed by atoms with Crippen molar-refractivity contribution in [3.05, 3.63) is 73.0 Å². The van der Waals surface area contributed by atoms with Crippen molar-refractivity contribution in [2.45, 2.75) is 31.1 Å². The van der Waals surface area contributed by atoms with Gasteiger partial charge in [0.05, 0.1) is 38.0 Å². The Hall–Kier alpha value is -4.97. The van der Waals surface area contributed by atoms with Crippen LogP contribution in [0.3, 0.4) is 0 Å². The molecule has 1 aromatic heterocycles. The highest BCUT2D eigenvalue weighted by molar-refractivity contribution is 7.66. The molecule has 10 N–H and O–H groups in total. The van der Waals surface area contributed by atoms with Crippen LogP contribution in [0.15, 0.2) is 45.5 Å². The van der Waals surface area contributed by atoms with Crippen molar-refractivity contribution in [1.82, 2.24) is 20.2 Å². The lowest BCUT2D eigenvalue weighted by molar-refractivity contribution is -0.126. The van der Waals surface area contributed by atoms with E-state index in [1.165, 1.54) is 6.07 Å². The first-order valence-corrected chi connectivity index (χ1v) is 21.5. The number of amides is 2. The number of carbonyl (C=O) groups is 2. The molecule has 2 amide bonds. The summed E-state index contributed by atoms with van der Waals surface area (Å²) in [7, 11) is -17.0. The lowest BCUT2D eigenvalue weighted by Gasteiger charge is -2.21. The van der Waals surface area contributed by atoms with Gasteiger partial charge in [-0.25, -0.2) is 18.5 Å². The molecule has 33 heteroatoms. The lowest BCUT2D eigenvalue weighted by atomic mass is 10.2. The zero-order chi connectivity index (χ0) is 45.1. The SMILES string of the molecule is [N-]=[N+]=NCOC1CC(n2cc(C#CCNC(=O)COCCOC(COc3cccc(C(=O)NCCN)c3)N=[N+]=[N-])c(N)nc2=O)O[C@H]1COP(=O)(O)OP(=O)(O)OP(=O)(O)O. The van der Waals surface area contributed by atoms with Crippen LogP contribution in [-0.4, -0.2) is 119 Å². The number of aromatic nitrogens is 2. The number of nitrogen functional groups attached to an aromatic ring is 1. The van der Waals surface area contributed by atoms with Crippen LogP contribution in [0.25, 0.3) is 20.9 Å². The number of hydrogen-bond donors (Lipinski definition) is 8. The number of ether oxygens (including phenoxy) is 5. The Balaban J connectivity index is 1.51. The fourth-order valence-corrected chi connectivity index (χ4v) is 7.73. The van der Waals surface area contributed by atoms with E-state index in [4.69, 9.17) is 56.0 Å². The first-order chi connectivity index (χ1) is 28.8. The molecule has 0 spiro atoms. The van der Waals surface area contributed by atoms with Gasteiger partial charge < -0.3 is 65.4 Å². The molecule has 61 heavy (non-hydrogen) atoms. The molecule has 0 saturated carbocycles. The lowest BCUT2D eigenvalue weighted by Crippen LogP contribution is -2.30. The second kappa shape index (κ2) is 24.5. The van der Waals surface area contributed by atoms with E-state index in [9.17, 15) is 37.9 Å².